The van der Waals surface area contributed by atoms with Crippen molar-refractivity contribution in [3.8, 4) is 0 Å². The van der Waals surface area contributed by atoms with Crippen LogP contribution in [0.2, 0.25) is 0 Å². The first kappa shape index (κ1) is 14.0. The molecule has 1 saturated carbocycles. The normalized spacial score (nSPS) is 20.9. The topological polar surface area (TPSA) is 32.3 Å². The van der Waals surface area contributed by atoms with Crippen LogP contribution in [0, 0.1) is 11.8 Å². The molecule has 3 heteroatoms. The molecule has 1 aliphatic carbocycles. The second kappa shape index (κ2) is 5.72. The van der Waals surface area contributed by atoms with Crippen LogP contribution in [0.25, 0.3) is 0 Å². The van der Waals surface area contributed by atoms with Crippen molar-refractivity contribution in [1.82, 2.24) is 5.32 Å². The predicted octanol–water partition coefficient (Wildman–Crippen LogP) is 3.59. The molecule has 1 aliphatic rings. The molecule has 2 unspecified atom stereocenters. The maximum atomic E-state index is 10.4. The van der Waals surface area contributed by atoms with Crippen LogP contribution in [-0.4, -0.2) is 17.3 Å². The van der Waals surface area contributed by atoms with Crippen LogP contribution in [0.3, 0.4) is 0 Å². The van der Waals surface area contributed by atoms with E-state index < -0.39 is 5.60 Å². The molecule has 102 valence electrons. The molecule has 2 N–H and O–H groups in total. The Balaban J connectivity index is 1.90. The molecule has 0 aliphatic heterocycles. The molecular weight excluding hydrogens is 242 g/mol. The van der Waals surface area contributed by atoms with Crippen molar-refractivity contribution < 1.29 is 5.11 Å². The van der Waals surface area contributed by atoms with Crippen LogP contribution in [0.4, 0.5) is 0 Å². The van der Waals surface area contributed by atoms with Crippen molar-refractivity contribution in [2.75, 3.05) is 6.54 Å². The van der Waals surface area contributed by atoms with Gasteiger partial charge in [0.1, 0.15) is 0 Å². The third kappa shape index (κ3) is 4.08. The fourth-order valence-electron chi connectivity index (χ4n) is 2.68. The summed E-state index contributed by atoms with van der Waals surface area (Å²) in [5.74, 6) is 1.31. The monoisotopic (exact) mass is 267 g/mol. The van der Waals surface area contributed by atoms with Crippen LogP contribution in [0.5, 0.6) is 0 Å². The average Bonchev–Trinajstić information content (AvgIpc) is 2.92. The second-order valence-electron chi connectivity index (χ2n) is 6.31. The maximum Gasteiger partial charge on any atom is 0.0746 e. The number of hydrogen-bond donors (Lipinski definition) is 2. The summed E-state index contributed by atoms with van der Waals surface area (Å²) in [6, 6.07) is 4.77. The Morgan fingerprint density at radius 2 is 2.22 bits per heavy atom. The molecule has 1 fully saturated rings. The molecule has 1 heterocycles. The molecule has 1 aromatic heterocycles. The van der Waals surface area contributed by atoms with Gasteiger partial charge < -0.3 is 10.4 Å². The molecule has 2 rings (SSSR count). The smallest absolute Gasteiger partial charge is 0.0746 e. The summed E-state index contributed by atoms with van der Waals surface area (Å²) in [7, 11) is 0. The van der Waals surface area contributed by atoms with Gasteiger partial charge in [-0.25, -0.2) is 0 Å². The van der Waals surface area contributed by atoms with E-state index in [0.29, 0.717) is 18.5 Å². The predicted molar refractivity (Wildman–Crippen MR) is 77.9 cm³/mol. The van der Waals surface area contributed by atoms with Gasteiger partial charge in [0.25, 0.3) is 0 Å². The standard InChI is InChI=1S/C15H25NOS/c1-11(2)9-15(3,17)10-16-14(12-6-7-12)13-5-4-8-18-13/h4-5,8,11-12,14,16-17H,6-7,9-10H2,1-3H3. The van der Waals surface area contributed by atoms with Gasteiger partial charge in [-0.15, -0.1) is 11.3 Å². The van der Waals surface area contributed by atoms with E-state index in [1.807, 2.05) is 18.3 Å². The minimum Gasteiger partial charge on any atom is -0.389 e. The molecule has 0 amide bonds. The van der Waals surface area contributed by atoms with Crippen LogP contribution < -0.4 is 5.32 Å². The minimum atomic E-state index is -0.599. The quantitative estimate of drug-likeness (QED) is 0.791. The van der Waals surface area contributed by atoms with E-state index in [2.05, 4.69) is 36.7 Å². The van der Waals surface area contributed by atoms with Crippen LogP contribution in [0.15, 0.2) is 17.5 Å². The number of aliphatic hydroxyl groups is 1. The Labute approximate surface area is 114 Å². The molecule has 2 nitrogen and oxygen atoms in total. The minimum absolute atomic E-state index is 0.448. The first-order valence-electron chi connectivity index (χ1n) is 6.97. The third-order valence-corrected chi connectivity index (χ3v) is 4.45. The van der Waals surface area contributed by atoms with Crippen LogP contribution in [-0.2, 0) is 0 Å². The Morgan fingerprint density at radius 1 is 1.50 bits per heavy atom. The lowest BCUT2D eigenvalue weighted by Gasteiger charge is -2.28. The summed E-state index contributed by atoms with van der Waals surface area (Å²) >= 11 is 1.82. The first-order valence-corrected chi connectivity index (χ1v) is 7.85. The van der Waals surface area contributed by atoms with Gasteiger partial charge in [0, 0.05) is 17.5 Å². The van der Waals surface area contributed by atoms with E-state index in [4.69, 9.17) is 0 Å². The van der Waals surface area contributed by atoms with E-state index in [1.54, 1.807) is 0 Å². The number of rotatable bonds is 7. The Bertz CT molecular complexity index is 355. The van der Waals surface area contributed by atoms with Gasteiger partial charge in [-0.3, -0.25) is 0 Å². The summed E-state index contributed by atoms with van der Waals surface area (Å²) in [4.78, 5) is 1.41. The molecule has 0 spiro atoms. The molecule has 0 radical (unpaired) electrons. The molecule has 2 atom stereocenters. The summed E-state index contributed by atoms with van der Waals surface area (Å²) in [6.07, 6.45) is 3.49. The number of hydrogen-bond acceptors (Lipinski definition) is 3. The van der Waals surface area contributed by atoms with Gasteiger partial charge in [0.05, 0.1) is 5.60 Å². The molecule has 0 saturated heterocycles. The fraction of sp³-hybridized carbons (Fsp3) is 0.733. The van der Waals surface area contributed by atoms with Gasteiger partial charge in [-0.05, 0) is 49.5 Å². The summed E-state index contributed by atoms with van der Waals surface area (Å²) in [5.41, 5.74) is -0.599. The van der Waals surface area contributed by atoms with Crippen LogP contribution >= 0.6 is 11.3 Å². The van der Waals surface area contributed by atoms with Crippen molar-refractivity contribution in [3.05, 3.63) is 22.4 Å². The average molecular weight is 267 g/mol. The van der Waals surface area contributed by atoms with Crippen molar-refractivity contribution >= 4 is 11.3 Å². The zero-order valence-electron chi connectivity index (χ0n) is 11.6. The lowest BCUT2D eigenvalue weighted by atomic mass is 9.94. The van der Waals surface area contributed by atoms with E-state index in [-0.39, 0.29) is 0 Å². The second-order valence-corrected chi connectivity index (χ2v) is 7.29. The highest BCUT2D eigenvalue weighted by atomic mass is 32.1. The van der Waals surface area contributed by atoms with Crippen molar-refractivity contribution in [3.63, 3.8) is 0 Å². The van der Waals surface area contributed by atoms with Gasteiger partial charge >= 0.3 is 0 Å². The molecular formula is C15H25NOS. The number of thiophene rings is 1. The van der Waals surface area contributed by atoms with Gasteiger partial charge in [0.2, 0.25) is 0 Å². The zero-order valence-corrected chi connectivity index (χ0v) is 12.5. The molecule has 1 aromatic rings. The van der Waals surface area contributed by atoms with Crippen molar-refractivity contribution in [2.45, 2.75) is 51.7 Å². The molecule has 18 heavy (non-hydrogen) atoms. The lowest BCUT2D eigenvalue weighted by molar-refractivity contribution is 0.0352. The SMILES string of the molecule is CC(C)CC(C)(O)CNC(c1cccs1)C1CC1. The maximum absolute atomic E-state index is 10.4. The fourth-order valence-corrected chi connectivity index (χ4v) is 3.57. The first-order chi connectivity index (χ1) is 8.48. The van der Waals surface area contributed by atoms with Gasteiger partial charge in [0.15, 0.2) is 0 Å². The highest BCUT2D eigenvalue weighted by Crippen LogP contribution is 2.42. The molecule has 0 bridgehead atoms. The lowest BCUT2D eigenvalue weighted by Crippen LogP contribution is -2.40. The molecule has 0 aromatic carbocycles. The van der Waals surface area contributed by atoms with E-state index >= 15 is 0 Å². The Hall–Kier alpha value is -0.380. The van der Waals surface area contributed by atoms with Crippen molar-refractivity contribution in [2.24, 2.45) is 11.8 Å². The third-order valence-electron chi connectivity index (χ3n) is 3.49. The van der Waals surface area contributed by atoms with Gasteiger partial charge in [-0.2, -0.15) is 0 Å². The highest BCUT2D eigenvalue weighted by molar-refractivity contribution is 7.10. The number of nitrogens with one attached hydrogen (secondary N) is 1. The van der Waals surface area contributed by atoms with Crippen molar-refractivity contribution in [1.29, 1.82) is 0 Å². The Kier molecular flexibility index (Phi) is 4.46. The highest BCUT2D eigenvalue weighted by Gasteiger charge is 2.34. The van der Waals surface area contributed by atoms with Crippen LogP contribution in [0.1, 0.15) is 51.0 Å². The van der Waals surface area contributed by atoms with E-state index in [0.717, 1.165) is 12.3 Å². The van der Waals surface area contributed by atoms with Gasteiger partial charge in [-0.1, -0.05) is 19.9 Å². The summed E-state index contributed by atoms with van der Waals surface area (Å²) < 4.78 is 0. The van der Waals surface area contributed by atoms with E-state index in [1.165, 1.54) is 17.7 Å². The largest absolute Gasteiger partial charge is 0.389 e. The summed E-state index contributed by atoms with van der Waals surface area (Å²) in [6.45, 7) is 6.95. The Morgan fingerprint density at radius 3 is 2.72 bits per heavy atom. The zero-order chi connectivity index (χ0) is 13.2. The van der Waals surface area contributed by atoms with E-state index in [9.17, 15) is 5.11 Å². The summed E-state index contributed by atoms with van der Waals surface area (Å²) in [5, 5.41) is 16.1.